The summed E-state index contributed by atoms with van der Waals surface area (Å²) in [5.41, 5.74) is 9.02. The van der Waals surface area contributed by atoms with Crippen LogP contribution in [0.5, 0.6) is 0 Å². The first kappa shape index (κ1) is 20.9. The third-order valence-corrected chi connectivity index (χ3v) is 6.06. The fourth-order valence-electron chi connectivity index (χ4n) is 3.88. The van der Waals surface area contributed by atoms with Crippen molar-refractivity contribution < 1.29 is 4.79 Å². The first-order valence-corrected chi connectivity index (χ1v) is 11.2. The lowest BCUT2D eigenvalue weighted by Gasteiger charge is -2.11. The Kier molecular flexibility index (Phi) is 6.23. The molecule has 0 unspecified atom stereocenters. The Morgan fingerprint density at radius 3 is 2.35 bits per heavy atom. The highest BCUT2D eigenvalue weighted by Crippen LogP contribution is 2.31. The lowest BCUT2D eigenvalue weighted by atomic mass is 9.94. The van der Waals surface area contributed by atoms with Gasteiger partial charge in [-0.2, -0.15) is 0 Å². The van der Waals surface area contributed by atoms with E-state index in [-0.39, 0.29) is 5.91 Å². The molecular formula is C26H25N3OS. The maximum atomic E-state index is 12.4. The summed E-state index contributed by atoms with van der Waals surface area (Å²) >= 11 is 1.44. The van der Waals surface area contributed by atoms with Gasteiger partial charge < -0.3 is 0 Å². The predicted molar refractivity (Wildman–Crippen MR) is 128 cm³/mol. The SMILES string of the molecule is Cc1cccc(CCc2cc(C)c(-c3csc(NC(=O)c4ccncc4)n3)c(C)c2)c1. The summed E-state index contributed by atoms with van der Waals surface area (Å²) in [4.78, 5) is 21.0. The van der Waals surface area contributed by atoms with Crippen LogP contribution >= 0.6 is 11.3 Å². The molecule has 31 heavy (non-hydrogen) atoms. The molecule has 4 rings (SSSR count). The molecule has 0 saturated heterocycles. The molecule has 1 N–H and O–H groups in total. The third kappa shape index (κ3) is 5.06. The van der Waals surface area contributed by atoms with Crippen LogP contribution in [0.3, 0.4) is 0 Å². The molecule has 0 radical (unpaired) electrons. The number of hydrogen-bond donors (Lipinski definition) is 1. The second-order valence-corrected chi connectivity index (χ2v) is 8.68. The summed E-state index contributed by atoms with van der Waals surface area (Å²) in [7, 11) is 0. The number of aromatic nitrogens is 2. The summed E-state index contributed by atoms with van der Waals surface area (Å²) in [6.07, 6.45) is 5.25. The second-order valence-electron chi connectivity index (χ2n) is 7.82. The molecule has 0 aliphatic heterocycles. The van der Waals surface area contributed by atoms with Gasteiger partial charge in [0.15, 0.2) is 5.13 Å². The molecule has 0 spiro atoms. The van der Waals surface area contributed by atoms with E-state index in [1.54, 1.807) is 24.5 Å². The van der Waals surface area contributed by atoms with Crippen molar-refractivity contribution in [3.05, 3.63) is 99.7 Å². The van der Waals surface area contributed by atoms with E-state index in [1.165, 1.54) is 39.2 Å². The predicted octanol–water partition coefficient (Wildman–Crippen LogP) is 6.17. The minimum Gasteiger partial charge on any atom is -0.298 e. The number of nitrogens with zero attached hydrogens (tertiary/aromatic N) is 2. The Morgan fingerprint density at radius 2 is 1.65 bits per heavy atom. The topological polar surface area (TPSA) is 54.9 Å². The van der Waals surface area contributed by atoms with Gasteiger partial charge in [-0.3, -0.25) is 15.1 Å². The number of carbonyl (C=O) groups excluding carboxylic acids is 1. The fraction of sp³-hybridized carbons (Fsp3) is 0.192. The molecule has 2 heterocycles. The molecule has 0 aliphatic rings. The highest BCUT2D eigenvalue weighted by Gasteiger charge is 2.14. The zero-order valence-electron chi connectivity index (χ0n) is 18.0. The summed E-state index contributed by atoms with van der Waals surface area (Å²) in [5, 5.41) is 5.48. The fourth-order valence-corrected chi connectivity index (χ4v) is 4.57. The van der Waals surface area contributed by atoms with Crippen LogP contribution in [0.15, 0.2) is 66.3 Å². The Hall–Kier alpha value is -3.31. The van der Waals surface area contributed by atoms with Crippen molar-refractivity contribution >= 4 is 22.4 Å². The molecule has 2 aromatic heterocycles. The summed E-state index contributed by atoms with van der Waals surface area (Å²) in [5.74, 6) is -0.178. The van der Waals surface area contributed by atoms with Gasteiger partial charge in [-0.05, 0) is 68.0 Å². The number of nitrogens with one attached hydrogen (secondary N) is 1. The number of benzene rings is 2. The van der Waals surface area contributed by atoms with Crippen molar-refractivity contribution in [3.8, 4) is 11.3 Å². The van der Waals surface area contributed by atoms with Gasteiger partial charge in [0.1, 0.15) is 0 Å². The second kappa shape index (κ2) is 9.23. The number of rotatable bonds is 6. The number of thiazole rings is 1. The third-order valence-electron chi connectivity index (χ3n) is 5.30. The van der Waals surface area contributed by atoms with E-state index in [0.717, 1.165) is 24.1 Å². The first-order chi connectivity index (χ1) is 15.0. The van der Waals surface area contributed by atoms with Gasteiger partial charge in [-0.1, -0.05) is 42.0 Å². The molecule has 2 aromatic carbocycles. The van der Waals surface area contributed by atoms with E-state index in [9.17, 15) is 4.79 Å². The molecule has 5 heteroatoms. The average molecular weight is 428 g/mol. The lowest BCUT2D eigenvalue weighted by Crippen LogP contribution is -2.11. The number of aryl methyl sites for hydroxylation is 5. The van der Waals surface area contributed by atoms with Crippen LogP contribution in [0.1, 0.15) is 38.2 Å². The molecule has 4 nitrogen and oxygen atoms in total. The molecule has 4 aromatic rings. The molecule has 0 atom stereocenters. The summed E-state index contributed by atoms with van der Waals surface area (Å²) in [6, 6.07) is 16.6. The van der Waals surface area contributed by atoms with Crippen LogP contribution in [0.2, 0.25) is 0 Å². The molecular weight excluding hydrogens is 402 g/mol. The maximum absolute atomic E-state index is 12.4. The number of hydrogen-bond acceptors (Lipinski definition) is 4. The normalized spacial score (nSPS) is 10.8. The van der Waals surface area contributed by atoms with E-state index in [0.29, 0.717) is 10.7 Å². The van der Waals surface area contributed by atoms with Crippen LogP contribution in [0.4, 0.5) is 5.13 Å². The number of pyridine rings is 1. The first-order valence-electron chi connectivity index (χ1n) is 10.3. The van der Waals surface area contributed by atoms with Crippen LogP contribution in [0, 0.1) is 20.8 Å². The highest BCUT2D eigenvalue weighted by molar-refractivity contribution is 7.14. The molecule has 156 valence electrons. The van der Waals surface area contributed by atoms with Gasteiger partial charge in [-0.25, -0.2) is 4.98 Å². The van der Waals surface area contributed by atoms with Crippen LogP contribution < -0.4 is 5.32 Å². The molecule has 1 amide bonds. The number of amides is 1. The Balaban J connectivity index is 1.49. The molecule has 0 saturated carbocycles. The summed E-state index contributed by atoms with van der Waals surface area (Å²) < 4.78 is 0. The van der Waals surface area contributed by atoms with Crippen molar-refractivity contribution in [2.75, 3.05) is 5.32 Å². The molecule has 0 fully saturated rings. The zero-order valence-corrected chi connectivity index (χ0v) is 18.8. The largest absolute Gasteiger partial charge is 0.298 e. The Labute approximate surface area is 187 Å². The molecule has 0 bridgehead atoms. The van der Waals surface area contributed by atoms with E-state index in [1.807, 2.05) is 5.38 Å². The minimum absolute atomic E-state index is 0.178. The monoisotopic (exact) mass is 427 g/mol. The van der Waals surface area contributed by atoms with E-state index in [4.69, 9.17) is 0 Å². The molecule has 0 aliphatic carbocycles. The van der Waals surface area contributed by atoms with E-state index in [2.05, 4.69) is 72.5 Å². The zero-order chi connectivity index (χ0) is 21.8. The van der Waals surface area contributed by atoms with Crippen molar-refractivity contribution in [1.82, 2.24) is 9.97 Å². The number of carbonyl (C=O) groups is 1. The van der Waals surface area contributed by atoms with Gasteiger partial charge in [-0.15, -0.1) is 11.3 Å². The smallest absolute Gasteiger partial charge is 0.257 e. The Bertz CT molecular complexity index is 1190. The van der Waals surface area contributed by atoms with Crippen molar-refractivity contribution in [2.24, 2.45) is 0 Å². The van der Waals surface area contributed by atoms with Gasteiger partial charge in [0.2, 0.25) is 0 Å². The van der Waals surface area contributed by atoms with Gasteiger partial charge in [0.05, 0.1) is 5.69 Å². The van der Waals surface area contributed by atoms with Gasteiger partial charge in [0.25, 0.3) is 5.91 Å². The standard InChI is InChI=1S/C26H25N3OS/c1-17-5-4-6-20(13-17)7-8-21-14-18(2)24(19(3)15-21)23-16-31-26(28-23)29-25(30)22-9-11-27-12-10-22/h4-6,9-16H,7-8H2,1-3H3,(H,28,29,30). The van der Waals surface area contributed by atoms with Crippen molar-refractivity contribution in [3.63, 3.8) is 0 Å². The quantitative estimate of drug-likeness (QED) is 0.400. The average Bonchev–Trinajstić information content (AvgIpc) is 3.20. The Morgan fingerprint density at radius 1 is 0.935 bits per heavy atom. The van der Waals surface area contributed by atoms with Crippen LogP contribution in [-0.2, 0) is 12.8 Å². The van der Waals surface area contributed by atoms with E-state index >= 15 is 0 Å². The van der Waals surface area contributed by atoms with Gasteiger partial charge in [0, 0.05) is 28.9 Å². The van der Waals surface area contributed by atoms with Crippen LogP contribution in [-0.4, -0.2) is 15.9 Å². The minimum atomic E-state index is -0.178. The van der Waals surface area contributed by atoms with Crippen LogP contribution in [0.25, 0.3) is 11.3 Å². The van der Waals surface area contributed by atoms with Gasteiger partial charge >= 0.3 is 0 Å². The van der Waals surface area contributed by atoms with E-state index < -0.39 is 0 Å². The summed E-state index contributed by atoms with van der Waals surface area (Å²) in [6.45, 7) is 6.40. The van der Waals surface area contributed by atoms with Crippen molar-refractivity contribution in [1.29, 1.82) is 0 Å². The maximum Gasteiger partial charge on any atom is 0.257 e. The van der Waals surface area contributed by atoms with Crippen molar-refractivity contribution in [2.45, 2.75) is 33.6 Å². The number of anilines is 1. The lowest BCUT2D eigenvalue weighted by molar-refractivity contribution is 0.102. The highest BCUT2D eigenvalue weighted by atomic mass is 32.1.